The van der Waals surface area contributed by atoms with Gasteiger partial charge in [-0.1, -0.05) is 13.8 Å². The summed E-state index contributed by atoms with van der Waals surface area (Å²) in [4.78, 5) is 11.8. The van der Waals surface area contributed by atoms with Crippen molar-refractivity contribution in [2.24, 2.45) is 5.92 Å². The Hall–Kier alpha value is -1.27. The predicted octanol–water partition coefficient (Wildman–Crippen LogP) is 2.83. The second-order valence-electron chi connectivity index (χ2n) is 4.62. The van der Waals surface area contributed by atoms with E-state index in [0.29, 0.717) is 5.92 Å². The van der Waals surface area contributed by atoms with Crippen LogP contribution < -0.4 is 4.74 Å². The summed E-state index contributed by atoms with van der Waals surface area (Å²) < 4.78 is 32.7. The van der Waals surface area contributed by atoms with E-state index < -0.39 is 15.0 Å². The maximum Gasteiger partial charge on any atom is 0.341 e. The summed E-state index contributed by atoms with van der Waals surface area (Å²) in [6, 6.07) is 3.79. The molecule has 1 aromatic rings. The van der Waals surface area contributed by atoms with Gasteiger partial charge in [-0.05, 0) is 30.5 Å². The summed E-state index contributed by atoms with van der Waals surface area (Å²) in [6.45, 7) is 4.28. The molecule has 0 aliphatic heterocycles. The van der Waals surface area contributed by atoms with E-state index >= 15 is 0 Å². The molecule has 7 heteroatoms. The minimum absolute atomic E-state index is 0.0398. The first-order valence-corrected chi connectivity index (χ1v) is 8.36. The Labute approximate surface area is 123 Å². The Morgan fingerprint density at radius 3 is 2.50 bits per heavy atom. The summed E-state index contributed by atoms with van der Waals surface area (Å²) in [7, 11) is 2.73. The average Bonchev–Trinajstić information content (AvgIpc) is 2.36. The molecule has 20 heavy (non-hydrogen) atoms. The monoisotopic (exact) mass is 320 g/mol. The zero-order valence-corrected chi connectivity index (χ0v) is 13.1. The molecule has 0 unspecified atom stereocenters. The molecular formula is C13H17ClO5S. The van der Waals surface area contributed by atoms with Crippen molar-refractivity contribution in [1.29, 1.82) is 0 Å². The first-order chi connectivity index (χ1) is 9.25. The molecule has 0 spiro atoms. The minimum atomic E-state index is -3.91. The smallest absolute Gasteiger partial charge is 0.341 e. The number of halogens is 1. The molecule has 1 rings (SSSR count). The Morgan fingerprint density at radius 2 is 2.00 bits per heavy atom. The number of methoxy groups -OCH3 is 1. The number of esters is 1. The highest BCUT2D eigenvalue weighted by atomic mass is 35.7. The molecule has 112 valence electrons. The molecule has 0 radical (unpaired) electrons. The highest BCUT2D eigenvalue weighted by Crippen LogP contribution is 2.25. The molecule has 0 amide bonds. The molecule has 0 fully saturated rings. The van der Waals surface area contributed by atoms with Crippen LogP contribution in [0.4, 0.5) is 0 Å². The van der Waals surface area contributed by atoms with E-state index in [1.807, 2.05) is 13.8 Å². The summed E-state index contributed by atoms with van der Waals surface area (Å²) in [5.74, 6) is 0.00697. The van der Waals surface area contributed by atoms with Gasteiger partial charge in [-0.2, -0.15) is 0 Å². The molecule has 0 heterocycles. The van der Waals surface area contributed by atoms with Crippen LogP contribution in [0.5, 0.6) is 5.75 Å². The maximum absolute atomic E-state index is 11.9. The Bertz CT molecular complexity index is 580. The Balaban J connectivity index is 2.99. The summed E-state index contributed by atoms with van der Waals surface area (Å²) in [5, 5.41) is 0. The quantitative estimate of drug-likeness (QED) is 0.595. The van der Waals surface area contributed by atoms with Crippen molar-refractivity contribution >= 4 is 25.7 Å². The first kappa shape index (κ1) is 16.8. The predicted molar refractivity (Wildman–Crippen MR) is 75.8 cm³/mol. The highest BCUT2D eigenvalue weighted by molar-refractivity contribution is 8.13. The van der Waals surface area contributed by atoms with Crippen molar-refractivity contribution in [2.75, 3.05) is 13.7 Å². The van der Waals surface area contributed by atoms with Crippen LogP contribution in [-0.2, 0) is 13.8 Å². The van der Waals surface area contributed by atoms with E-state index in [0.717, 1.165) is 12.5 Å². The fourth-order valence-corrected chi connectivity index (χ4v) is 2.24. The molecule has 1 aromatic carbocycles. The molecule has 0 saturated carbocycles. The van der Waals surface area contributed by atoms with Gasteiger partial charge in [-0.25, -0.2) is 13.2 Å². The number of hydrogen-bond donors (Lipinski definition) is 0. The van der Waals surface area contributed by atoms with Crippen LogP contribution in [0.1, 0.15) is 30.6 Å². The molecule has 0 atom stereocenters. The second-order valence-corrected chi connectivity index (χ2v) is 7.18. The van der Waals surface area contributed by atoms with Crippen molar-refractivity contribution < 1.29 is 22.7 Å². The SMILES string of the molecule is COc1ccc(S(=O)(=O)Cl)cc1C(=O)OCCC(C)C. The van der Waals surface area contributed by atoms with E-state index in [1.165, 1.54) is 19.2 Å². The van der Waals surface area contributed by atoms with Crippen LogP contribution in [0, 0.1) is 5.92 Å². The lowest BCUT2D eigenvalue weighted by Gasteiger charge is -2.10. The molecule has 0 N–H and O–H groups in total. The van der Waals surface area contributed by atoms with E-state index in [9.17, 15) is 13.2 Å². The van der Waals surface area contributed by atoms with Crippen molar-refractivity contribution in [3.63, 3.8) is 0 Å². The zero-order valence-electron chi connectivity index (χ0n) is 11.6. The number of hydrogen-bond acceptors (Lipinski definition) is 5. The number of ether oxygens (including phenoxy) is 2. The van der Waals surface area contributed by atoms with Gasteiger partial charge in [0.15, 0.2) is 0 Å². The molecule has 0 aliphatic carbocycles. The summed E-state index contributed by atoms with van der Waals surface area (Å²) in [6.07, 6.45) is 0.724. The third kappa shape index (κ3) is 4.68. The van der Waals surface area contributed by atoms with Gasteiger partial charge in [0.05, 0.1) is 18.6 Å². The molecular weight excluding hydrogens is 304 g/mol. The highest BCUT2D eigenvalue weighted by Gasteiger charge is 2.19. The Kier molecular flexibility index (Phi) is 5.83. The van der Waals surface area contributed by atoms with Crippen LogP contribution in [0.25, 0.3) is 0 Å². The van der Waals surface area contributed by atoms with Gasteiger partial charge in [-0.15, -0.1) is 0 Å². The van der Waals surface area contributed by atoms with E-state index in [2.05, 4.69) is 0 Å². The lowest BCUT2D eigenvalue weighted by molar-refractivity contribution is 0.0484. The van der Waals surface area contributed by atoms with Gasteiger partial charge in [0, 0.05) is 10.7 Å². The van der Waals surface area contributed by atoms with Crippen LogP contribution in [-0.4, -0.2) is 28.1 Å². The van der Waals surface area contributed by atoms with Gasteiger partial charge in [-0.3, -0.25) is 0 Å². The topological polar surface area (TPSA) is 69.7 Å². The lowest BCUT2D eigenvalue weighted by Crippen LogP contribution is -2.10. The third-order valence-electron chi connectivity index (χ3n) is 2.60. The molecule has 0 aliphatic rings. The van der Waals surface area contributed by atoms with Gasteiger partial charge in [0.2, 0.25) is 0 Å². The fourth-order valence-electron chi connectivity index (χ4n) is 1.46. The lowest BCUT2D eigenvalue weighted by atomic mass is 10.1. The summed E-state index contributed by atoms with van der Waals surface area (Å²) >= 11 is 0. The van der Waals surface area contributed by atoms with E-state index in [-0.39, 0.29) is 22.8 Å². The number of carbonyl (C=O) groups excluding carboxylic acids is 1. The zero-order chi connectivity index (χ0) is 15.3. The summed E-state index contributed by atoms with van der Waals surface area (Å²) in [5.41, 5.74) is 0.0398. The molecule has 5 nitrogen and oxygen atoms in total. The normalized spacial score (nSPS) is 11.4. The average molecular weight is 321 g/mol. The maximum atomic E-state index is 11.9. The van der Waals surface area contributed by atoms with Gasteiger partial charge in [0.1, 0.15) is 11.3 Å². The van der Waals surface area contributed by atoms with Crippen molar-refractivity contribution in [3.8, 4) is 5.75 Å². The van der Waals surface area contributed by atoms with Gasteiger partial charge >= 0.3 is 5.97 Å². The van der Waals surface area contributed by atoms with Gasteiger partial charge in [0.25, 0.3) is 9.05 Å². The first-order valence-electron chi connectivity index (χ1n) is 6.05. The number of rotatable bonds is 6. The molecule has 0 bridgehead atoms. The fraction of sp³-hybridized carbons (Fsp3) is 0.462. The van der Waals surface area contributed by atoms with Crippen LogP contribution in [0.2, 0.25) is 0 Å². The van der Waals surface area contributed by atoms with Crippen LogP contribution in [0.3, 0.4) is 0 Å². The van der Waals surface area contributed by atoms with Crippen LogP contribution in [0.15, 0.2) is 23.1 Å². The molecule has 0 aromatic heterocycles. The van der Waals surface area contributed by atoms with Crippen molar-refractivity contribution in [1.82, 2.24) is 0 Å². The largest absolute Gasteiger partial charge is 0.496 e. The van der Waals surface area contributed by atoms with E-state index in [4.69, 9.17) is 20.2 Å². The molecule has 0 saturated heterocycles. The third-order valence-corrected chi connectivity index (χ3v) is 3.95. The Morgan fingerprint density at radius 1 is 1.35 bits per heavy atom. The van der Waals surface area contributed by atoms with Crippen molar-refractivity contribution in [3.05, 3.63) is 23.8 Å². The standard InChI is InChI=1S/C13H17ClO5S/c1-9(2)6-7-19-13(15)11-8-10(20(14,16)17)4-5-12(11)18-3/h4-5,8-9H,6-7H2,1-3H3. The van der Waals surface area contributed by atoms with Crippen LogP contribution >= 0.6 is 10.7 Å². The van der Waals surface area contributed by atoms with E-state index in [1.54, 1.807) is 0 Å². The number of carbonyl (C=O) groups is 1. The van der Waals surface area contributed by atoms with Crippen molar-refractivity contribution in [2.45, 2.75) is 25.2 Å². The van der Waals surface area contributed by atoms with Gasteiger partial charge < -0.3 is 9.47 Å². The minimum Gasteiger partial charge on any atom is -0.496 e. The number of benzene rings is 1. The second kappa shape index (κ2) is 6.95.